The van der Waals surface area contributed by atoms with Gasteiger partial charge >= 0.3 is 0 Å². The van der Waals surface area contributed by atoms with E-state index in [1.807, 2.05) is 24.3 Å². The average molecular weight is 357 g/mol. The van der Waals surface area contributed by atoms with E-state index in [1.165, 1.54) is 17.7 Å². The molecule has 0 bridgehead atoms. The van der Waals surface area contributed by atoms with Crippen molar-refractivity contribution in [1.82, 2.24) is 30.4 Å². The van der Waals surface area contributed by atoms with E-state index in [1.54, 1.807) is 4.68 Å². The third-order valence-electron chi connectivity index (χ3n) is 3.81. The molecule has 0 aliphatic carbocycles. The molecule has 1 aliphatic rings. The van der Waals surface area contributed by atoms with E-state index in [0.29, 0.717) is 5.13 Å². The molecule has 0 spiro atoms. The van der Waals surface area contributed by atoms with Crippen LogP contribution in [0.1, 0.15) is 29.5 Å². The maximum atomic E-state index is 12.2. The van der Waals surface area contributed by atoms with Crippen molar-refractivity contribution in [2.75, 3.05) is 11.9 Å². The molecule has 0 unspecified atom stereocenters. The van der Waals surface area contributed by atoms with Gasteiger partial charge in [-0.25, -0.2) is 4.68 Å². The van der Waals surface area contributed by atoms with Gasteiger partial charge in [-0.05, 0) is 41.0 Å². The van der Waals surface area contributed by atoms with Gasteiger partial charge in [-0.3, -0.25) is 4.79 Å². The number of hydrogen-bond acceptors (Lipinski definition) is 8. The summed E-state index contributed by atoms with van der Waals surface area (Å²) in [5, 5.41) is 23.2. The molecule has 3 aromatic rings. The van der Waals surface area contributed by atoms with Gasteiger partial charge in [-0.15, -0.1) is 15.3 Å². The van der Waals surface area contributed by atoms with Crippen LogP contribution < -0.4 is 5.32 Å². The highest BCUT2D eigenvalue weighted by Crippen LogP contribution is 2.31. The van der Waals surface area contributed by atoms with Gasteiger partial charge in [0.15, 0.2) is 0 Å². The predicted octanol–water partition coefficient (Wildman–Crippen LogP) is 1.55. The quantitative estimate of drug-likeness (QED) is 0.738. The second kappa shape index (κ2) is 7.03. The van der Waals surface area contributed by atoms with E-state index in [-0.39, 0.29) is 18.4 Å². The molecule has 1 amide bonds. The van der Waals surface area contributed by atoms with Crippen molar-refractivity contribution in [3.63, 3.8) is 0 Å². The lowest BCUT2D eigenvalue weighted by Gasteiger charge is -2.04. The van der Waals surface area contributed by atoms with Crippen LogP contribution in [0.5, 0.6) is 0 Å². The molecule has 128 valence electrons. The minimum absolute atomic E-state index is 0.0157. The van der Waals surface area contributed by atoms with Gasteiger partial charge in [-0.2, -0.15) is 0 Å². The number of nitrogens with one attached hydrogen (secondary N) is 1. The molecule has 1 N–H and O–H groups in total. The molecule has 9 nitrogen and oxygen atoms in total. The number of carbonyl (C=O) groups excluding carboxylic acids is 1. The van der Waals surface area contributed by atoms with Crippen molar-refractivity contribution in [1.29, 1.82) is 0 Å². The average Bonchev–Trinajstić information content (AvgIpc) is 3.37. The lowest BCUT2D eigenvalue weighted by molar-refractivity contribution is -0.115. The first kappa shape index (κ1) is 15.8. The van der Waals surface area contributed by atoms with Crippen LogP contribution in [0.4, 0.5) is 5.13 Å². The van der Waals surface area contributed by atoms with Crippen molar-refractivity contribution >= 4 is 22.4 Å². The van der Waals surface area contributed by atoms with E-state index in [4.69, 9.17) is 4.74 Å². The number of benzene rings is 1. The number of amides is 1. The number of rotatable bonds is 5. The smallest absolute Gasteiger partial charge is 0.230 e. The number of aromatic nitrogens is 6. The van der Waals surface area contributed by atoms with Gasteiger partial charge in [0.05, 0.1) is 12.1 Å². The highest BCUT2D eigenvalue weighted by atomic mass is 32.1. The fraction of sp³-hybridized carbons (Fsp3) is 0.333. The van der Waals surface area contributed by atoms with Crippen LogP contribution in [-0.4, -0.2) is 42.9 Å². The molecule has 10 heteroatoms. The summed E-state index contributed by atoms with van der Waals surface area (Å²) in [5.74, 6) is -0.134. The number of anilines is 1. The van der Waals surface area contributed by atoms with Gasteiger partial charge < -0.3 is 10.1 Å². The van der Waals surface area contributed by atoms with E-state index >= 15 is 0 Å². The molecule has 1 aromatic carbocycles. The van der Waals surface area contributed by atoms with Crippen LogP contribution in [0.25, 0.3) is 5.69 Å². The molecule has 1 atom stereocenters. The van der Waals surface area contributed by atoms with Gasteiger partial charge in [0.25, 0.3) is 0 Å². The summed E-state index contributed by atoms with van der Waals surface area (Å²) in [6.45, 7) is 0.757. The Morgan fingerprint density at radius 2 is 2.20 bits per heavy atom. The SMILES string of the molecule is O=C(Cc1ccc(-n2cnnn2)cc1)Nc1nnc([C@@H]2CCCO2)s1. The molecule has 25 heavy (non-hydrogen) atoms. The number of ether oxygens (including phenoxy) is 1. The Hall–Kier alpha value is -2.72. The summed E-state index contributed by atoms with van der Waals surface area (Å²) in [5.41, 5.74) is 1.72. The van der Waals surface area contributed by atoms with Crippen molar-refractivity contribution in [2.45, 2.75) is 25.4 Å². The zero-order valence-electron chi connectivity index (χ0n) is 13.2. The Morgan fingerprint density at radius 3 is 2.92 bits per heavy atom. The summed E-state index contributed by atoms with van der Waals surface area (Å²) in [4.78, 5) is 12.2. The Kier molecular flexibility index (Phi) is 4.44. The highest BCUT2D eigenvalue weighted by molar-refractivity contribution is 7.15. The van der Waals surface area contributed by atoms with E-state index in [0.717, 1.165) is 35.7 Å². The minimum atomic E-state index is -0.134. The molecule has 1 aliphatic heterocycles. The maximum absolute atomic E-state index is 12.2. The van der Waals surface area contributed by atoms with Crippen molar-refractivity contribution in [3.8, 4) is 5.69 Å². The first-order valence-electron chi connectivity index (χ1n) is 7.85. The molecule has 3 heterocycles. The summed E-state index contributed by atoms with van der Waals surface area (Å²) < 4.78 is 7.13. The Labute approximate surface area is 147 Å². The number of hydrogen-bond donors (Lipinski definition) is 1. The zero-order valence-corrected chi connectivity index (χ0v) is 14.0. The first-order valence-corrected chi connectivity index (χ1v) is 8.67. The fourth-order valence-corrected chi connectivity index (χ4v) is 3.43. The topological polar surface area (TPSA) is 108 Å². The van der Waals surface area contributed by atoms with Crippen LogP contribution in [0, 0.1) is 0 Å². The Bertz CT molecular complexity index is 841. The molecular weight excluding hydrogens is 342 g/mol. The van der Waals surface area contributed by atoms with E-state index < -0.39 is 0 Å². The van der Waals surface area contributed by atoms with Gasteiger partial charge in [0.2, 0.25) is 11.0 Å². The standard InChI is InChI=1S/C15H15N7O2S/c23-13(17-15-19-18-14(25-15)12-2-1-7-24-12)8-10-3-5-11(6-4-10)22-9-16-20-21-22/h3-6,9,12H,1-2,7-8H2,(H,17,19,23)/t12-/m0/s1. The van der Waals surface area contributed by atoms with Crippen molar-refractivity contribution in [2.24, 2.45) is 0 Å². The minimum Gasteiger partial charge on any atom is -0.371 e. The maximum Gasteiger partial charge on any atom is 0.230 e. The summed E-state index contributed by atoms with van der Waals surface area (Å²) in [6, 6.07) is 7.46. The van der Waals surface area contributed by atoms with E-state index in [2.05, 4.69) is 31.0 Å². The third kappa shape index (κ3) is 3.69. The molecule has 1 fully saturated rings. The van der Waals surface area contributed by atoms with Crippen LogP contribution in [0.15, 0.2) is 30.6 Å². The predicted molar refractivity (Wildman–Crippen MR) is 89.3 cm³/mol. The first-order chi connectivity index (χ1) is 12.3. The molecule has 1 saturated heterocycles. The van der Waals surface area contributed by atoms with Crippen LogP contribution in [-0.2, 0) is 16.0 Å². The number of carbonyl (C=O) groups is 1. The van der Waals surface area contributed by atoms with Crippen LogP contribution in [0.3, 0.4) is 0 Å². The lowest BCUT2D eigenvalue weighted by Crippen LogP contribution is -2.14. The van der Waals surface area contributed by atoms with E-state index in [9.17, 15) is 4.79 Å². The summed E-state index contributed by atoms with van der Waals surface area (Å²) in [6.07, 6.45) is 3.78. The molecular formula is C15H15N7O2S. The second-order valence-corrected chi connectivity index (χ2v) is 6.60. The van der Waals surface area contributed by atoms with Crippen LogP contribution in [0.2, 0.25) is 0 Å². The fourth-order valence-electron chi connectivity index (χ4n) is 2.58. The van der Waals surface area contributed by atoms with Crippen LogP contribution >= 0.6 is 11.3 Å². The Balaban J connectivity index is 1.35. The van der Waals surface area contributed by atoms with Gasteiger partial charge in [-0.1, -0.05) is 23.5 Å². The Morgan fingerprint density at radius 1 is 1.32 bits per heavy atom. The number of tetrazole rings is 1. The molecule has 2 aromatic heterocycles. The molecule has 0 radical (unpaired) electrons. The summed E-state index contributed by atoms with van der Waals surface area (Å²) in [7, 11) is 0. The lowest BCUT2D eigenvalue weighted by atomic mass is 10.1. The normalized spacial score (nSPS) is 16.9. The van der Waals surface area contributed by atoms with Gasteiger partial charge in [0.1, 0.15) is 17.4 Å². The largest absolute Gasteiger partial charge is 0.371 e. The second-order valence-electron chi connectivity index (χ2n) is 5.59. The number of nitrogens with zero attached hydrogens (tertiary/aromatic N) is 6. The zero-order chi connectivity index (χ0) is 17.1. The van der Waals surface area contributed by atoms with Gasteiger partial charge in [0, 0.05) is 6.61 Å². The van der Waals surface area contributed by atoms with Crippen molar-refractivity contribution < 1.29 is 9.53 Å². The monoisotopic (exact) mass is 357 g/mol. The molecule has 0 saturated carbocycles. The summed E-state index contributed by atoms with van der Waals surface area (Å²) >= 11 is 1.37. The molecule has 4 rings (SSSR count). The van der Waals surface area contributed by atoms with Crippen molar-refractivity contribution in [3.05, 3.63) is 41.2 Å². The third-order valence-corrected chi connectivity index (χ3v) is 4.74. The highest BCUT2D eigenvalue weighted by Gasteiger charge is 2.22.